The fourth-order valence-corrected chi connectivity index (χ4v) is 1.47. The minimum atomic E-state index is -0.0470. The summed E-state index contributed by atoms with van der Waals surface area (Å²) >= 11 is 9.07. The van der Waals surface area contributed by atoms with Gasteiger partial charge in [0.1, 0.15) is 5.75 Å². The van der Waals surface area contributed by atoms with Gasteiger partial charge < -0.3 is 4.74 Å². The lowest BCUT2D eigenvalue weighted by Crippen LogP contribution is -1.97. The molecule has 1 rings (SSSR count). The molecular formula is C9H8BrClO2. The minimum absolute atomic E-state index is 0.0470. The van der Waals surface area contributed by atoms with Gasteiger partial charge in [0.15, 0.2) is 5.78 Å². The summed E-state index contributed by atoms with van der Waals surface area (Å²) in [7, 11) is 1.51. The first-order valence-corrected chi connectivity index (χ1v) is 4.77. The maximum atomic E-state index is 11.1. The van der Waals surface area contributed by atoms with E-state index in [1.54, 1.807) is 12.1 Å². The topological polar surface area (TPSA) is 26.3 Å². The molecule has 0 unspecified atom stereocenters. The quantitative estimate of drug-likeness (QED) is 0.765. The smallest absolute Gasteiger partial charge is 0.163 e. The van der Waals surface area contributed by atoms with Crippen molar-refractivity contribution in [1.29, 1.82) is 0 Å². The van der Waals surface area contributed by atoms with Gasteiger partial charge in [-0.3, -0.25) is 4.79 Å². The lowest BCUT2D eigenvalue weighted by atomic mass is 10.1. The van der Waals surface area contributed by atoms with Gasteiger partial charge >= 0.3 is 0 Å². The second-order valence-electron chi connectivity index (χ2n) is 2.52. The zero-order chi connectivity index (χ0) is 10.0. The van der Waals surface area contributed by atoms with Crippen molar-refractivity contribution in [3.05, 3.63) is 27.2 Å². The predicted molar refractivity (Wildman–Crippen MR) is 55.7 cm³/mol. The molecule has 13 heavy (non-hydrogen) atoms. The summed E-state index contributed by atoms with van der Waals surface area (Å²) in [5, 5.41) is 0.529. The van der Waals surface area contributed by atoms with Gasteiger partial charge in [0.2, 0.25) is 0 Å². The van der Waals surface area contributed by atoms with Crippen LogP contribution >= 0.6 is 27.5 Å². The third-order valence-corrected chi connectivity index (χ3v) is 2.82. The molecular weight excluding hydrogens is 255 g/mol. The highest BCUT2D eigenvalue weighted by atomic mass is 79.9. The van der Waals surface area contributed by atoms with Gasteiger partial charge in [-0.1, -0.05) is 11.6 Å². The van der Waals surface area contributed by atoms with E-state index in [1.165, 1.54) is 14.0 Å². The Morgan fingerprint density at radius 3 is 2.62 bits per heavy atom. The number of carbonyl (C=O) groups is 1. The van der Waals surface area contributed by atoms with E-state index in [4.69, 9.17) is 16.3 Å². The van der Waals surface area contributed by atoms with E-state index in [2.05, 4.69) is 15.9 Å². The fourth-order valence-electron chi connectivity index (χ4n) is 0.973. The molecule has 0 saturated carbocycles. The van der Waals surface area contributed by atoms with E-state index in [-0.39, 0.29) is 5.78 Å². The molecule has 0 heterocycles. The number of rotatable bonds is 2. The molecule has 4 heteroatoms. The first-order valence-electron chi connectivity index (χ1n) is 3.60. The molecule has 0 saturated heterocycles. The Balaban J connectivity index is 3.33. The van der Waals surface area contributed by atoms with Crippen LogP contribution < -0.4 is 4.74 Å². The van der Waals surface area contributed by atoms with Gasteiger partial charge in [0, 0.05) is 10.5 Å². The number of ether oxygens (including phenoxy) is 1. The molecule has 0 aliphatic carbocycles. The molecule has 1 aromatic rings. The molecule has 2 nitrogen and oxygen atoms in total. The van der Waals surface area contributed by atoms with E-state index in [0.717, 1.165) is 0 Å². The monoisotopic (exact) mass is 262 g/mol. The number of halogens is 2. The average Bonchev–Trinajstić information content (AvgIpc) is 2.08. The van der Waals surface area contributed by atoms with Crippen molar-refractivity contribution in [2.45, 2.75) is 6.92 Å². The van der Waals surface area contributed by atoms with E-state index in [1.807, 2.05) is 0 Å². The summed E-state index contributed by atoms with van der Waals surface area (Å²) in [6, 6.07) is 3.27. The van der Waals surface area contributed by atoms with E-state index >= 15 is 0 Å². The van der Waals surface area contributed by atoms with E-state index in [9.17, 15) is 4.79 Å². The molecule has 0 radical (unpaired) electrons. The Morgan fingerprint density at radius 1 is 1.54 bits per heavy atom. The second-order valence-corrected chi connectivity index (χ2v) is 3.78. The number of ketones is 1. The largest absolute Gasteiger partial charge is 0.496 e. The van der Waals surface area contributed by atoms with Crippen molar-refractivity contribution in [2.24, 2.45) is 0 Å². The highest BCUT2D eigenvalue weighted by Crippen LogP contribution is 2.30. The van der Waals surface area contributed by atoms with Crippen LogP contribution in [0.25, 0.3) is 0 Å². The molecule has 0 aliphatic rings. The first-order chi connectivity index (χ1) is 6.06. The van der Waals surface area contributed by atoms with Crippen molar-refractivity contribution in [3.63, 3.8) is 0 Å². The predicted octanol–water partition coefficient (Wildman–Crippen LogP) is 3.31. The van der Waals surface area contributed by atoms with Crippen LogP contribution in [0.2, 0.25) is 5.02 Å². The van der Waals surface area contributed by atoms with Crippen molar-refractivity contribution in [3.8, 4) is 5.75 Å². The molecule has 0 aromatic heterocycles. The van der Waals surface area contributed by atoms with Crippen LogP contribution in [0.4, 0.5) is 0 Å². The average molecular weight is 264 g/mol. The van der Waals surface area contributed by atoms with Crippen LogP contribution in [-0.4, -0.2) is 12.9 Å². The first kappa shape index (κ1) is 10.5. The summed E-state index contributed by atoms with van der Waals surface area (Å²) in [5.74, 6) is 0.454. The van der Waals surface area contributed by atoms with Crippen LogP contribution in [-0.2, 0) is 0 Å². The Morgan fingerprint density at radius 2 is 2.15 bits per heavy atom. The lowest BCUT2D eigenvalue weighted by molar-refractivity contribution is 0.101. The normalized spacial score (nSPS) is 9.85. The van der Waals surface area contributed by atoms with Gasteiger partial charge in [-0.15, -0.1) is 0 Å². The second kappa shape index (κ2) is 4.11. The Hall–Kier alpha value is -0.540. The Kier molecular flexibility index (Phi) is 3.33. The molecule has 70 valence electrons. The van der Waals surface area contributed by atoms with Crippen LogP contribution in [0.3, 0.4) is 0 Å². The van der Waals surface area contributed by atoms with Crippen molar-refractivity contribution in [1.82, 2.24) is 0 Å². The molecule has 0 fully saturated rings. The van der Waals surface area contributed by atoms with Crippen molar-refractivity contribution < 1.29 is 9.53 Å². The third-order valence-electron chi connectivity index (χ3n) is 1.62. The molecule has 0 atom stereocenters. The summed E-state index contributed by atoms with van der Waals surface area (Å²) in [6.07, 6.45) is 0. The minimum Gasteiger partial charge on any atom is -0.496 e. The number of hydrogen-bond acceptors (Lipinski definition) is 2. The molecule has 0 spiro atoms. The zero-order valence-corrected chi connectivity index (χ0v) is 9.57. The molecule has 0 N–H and O–H groups in total. The summed E-state index contributed by atoms with van der Waals surface area (Å²) in [4.78, 5) is 11.1. The number of methoxy groups -OCH3 is 1. The van der Waals surface area contributed by atoms with Crippen LogP contribution in [0.1, 0.15) is 17.3 Å². The number of carbonyl (C=O) groups excluding carboxylic acids is 1. The van der Waals surface area contributed by atoms with Gasteiger partial charge in [-0.25, -0.2) is 0 Å². The Bertz CT molecular complexity index is 350. The molecule has 0 amide bonds. The highest BCUT2D eigenvalue weighted by Gasteiger charge is 2.10. The number of Topliss-reactive ketones (excluding diaryl/α,β-unsaturated/α-hetero) is 1. The summed E-state index contributed by atoms with van der Waals surface area (Å²) < 4.78 is 5.71. The van der Waals surface area contributed by atoms with Crippen molar-refractivity contribution >= 4 is 33.3 Å². The van der Waals surface area contributed by atoms with E-state index in [0.29, 0.717) is 20.8 Å². The van der Waals surface area contributed by atoms with Crippen LogP contribution in [0, 0.1) is 0 Å². The summed E-state index contributed by atoms with van der Waals surface area (Å²) in [6.45, 7) is 1.48. The standard InChI is InChI=1S/C9H8BrClO2/c1-5(12)6-3-7(10)8(11)4-9(6)13-2/h3-4H,1-2H3. The zero-order valence-electron chi connectivity index (χ0n) is 7.23. The van der Waals surface area contributed by atoms with Crippen LogP contribution in [0.15, 0.2) is 16.6 Å². The maximum Gasteiger partial charge on any atom is 0.163 e. The SMILES string of the molecule is COc1cc(Cl)c(Br)cc1C(C)=O. The van der Waals surface area contributed by atoms with Gasteiger partial charge in [0.25, 0.3) is 0 Å². The number of hydrogen-bond donors (Lipinski definition) is 0. The number of benzene rings is 1. The van der Waals surface area contributed by atoms with Crippen LogP contribution in [0.5, 0.6) is 5.75 Å². The molecule has 0 bridgehead atoms. The van der Waals surface area contributed by atoms with Crippen molar-refractivity contribution in [2.75, 3.05) is 7.11 Å². The lowest BCUT2D eigenvalue weighted by Gasteiger charge is -2.07. The van der Waals surface area contributed by atoms with Gasteiger partial charge in [-0.05, 0) is 28.9 Å². The summed E-state index contributed by atoms with van der Waals surface area (Å²) in [5.41, 5.74) is 0.527. The highest BCUT2D eigenvalue weighted by molar-refractivity contribution is 9.10. The van der Waals surface area contributed by atoms with Gasteiger partial charge in [-0.2, -0.15) is 0 Å². The Labute approximate surface area is 90.0 Å². The molecule has 1 aromatic carbocycles. The maximum absolute atomic E-state index is 11.1. The van der Waals surface area contributed by atoms with E-state index < -0.39 is 0 Å². The molecule has 0 aliphatic heterocycles. The van der Waals surface area contributed by atoms with Gasteiger partial charge in [0.05, 0.1) is 17.7 Å². The third kappa shape index (κ3) is 2.23. The fraction of sp³-hybridized carbons (Fsp3) is 0.222.